The maximum Gasteiger partial charge on any atom is 0.326 e. The van der Waals surface area contributed by atoms with Crippen LogP contribution in [0.15, 0.2) is 0 Å². The van der Waals surface area contributed by atoms with Gasteiger partial charge in [-0.1, -0.05) is 19.3 Å². The molecule has 1 saturated carbocycles. The summed E-state index contributed by atoms with van der Waals surface area (Å²) in [6, 6.07) is -0.883. The third-order valence-corrected chi connectivity index (χ3v) is 3.27. The largest absolute Gasteiger partial charge is 0.481 e. The minimum Gasteiger partial charge on any atom is -0.481 e. The van der Waals surface area contributed by atoms with Gasteiger partial charge in [-0.2, -0.15) is 0 Å². The van der Waals surface area contributed by atoms with Crippen molar-refractivity contribution < 1.29 is 24.6 Å². The van der Waals surface area contributed by atoms with Gasteiger partial charge in [0.05, 0.1) is 6.42 Å². The van der Waals surface area contributed by atoms with Gasteiger partial charge in [-0.3, -0.25) is 9.59 Å². The minimum atomic E-state index is -1.06. The smallest absolute Gasteiger partial charge is 0.326 e. The summed E-state index contributed by atoms with van der Waals surface area (Å²) < 4.78 is 0. The lowest BCUT2D eigenvalue weighted by Gasteiger charge is -2.27. The number of hydrogen-bond acceptors (Lipinski definition) is 3. The van der Waals surface area contributed by atoms with Crippen molar-refractivity contribution in [2.75, 3.05) is 0 Å². The molecule has 102 valence electrons. The molecule has 1 rings (SSSR count). The molecule has 0 radical (unpaired) electrons. The fraction of sp³-hybridized carbons (Fsp3) is 0.750. The topological polar surface area (TPSA) is 104 Å². The molecule has 1 atom stereocenters. The standard InChI is InChI=1S/C12H19NO5/c14-9(6-7-10(15)16)13-11(12(17)18)8-4-2-1-3-5-8/h8,11H,1-7H2,(H,13,14)(H,15,16)(H,17,18). The highest BCUT2D eigenvalue weighted by Crippen LogP contribution is 2.26. The van der Waals surface area contributed by atoms with Crippen LogP contribution < -0.4 is 5.32 Å². The van der Waals surface area contributed by atoms with Gasteiger partial charge in [0.25, 0.3) is 0 Å². The van der Waals surface area contributed by atoms with Crippen LogP contribution in [0.5, 0.6) is 0 Å². The van der Waals surface area contributed by atoms with Crippen LogP contribution in [0.3, 0.4) is 0 Å². The van der Waals surface area contributed by atoms with E-state index in [2.05, 4.69) is 5.32 Å². The lowest BCUT2D eigenvalue weighted by Crippen LogP contribution is -2.46. The first-order valence-electron chi connectivity index (χ1n) is 6.24. The first-order chi connectivity index (χ1) is 8.50. The van der Waals surface area contributed by atoms with Crippen LogP contribution in [-0.4, -0.2) is 34.1 Å². The Hall–Kier alpha value is -1.59. The van der Waals surface area contributed by atoms with Crippen molar-refractivity contribution in [2.24, 2.45) is 5.92 Å². The molecule has 6 heteroatoms. The van der Waals surface area contributed by atoms with Crippen LogP contribution in [0.25, 0.3) is 0 Å². The number of hydrogen-bond donors (Lipinski definition) is 3. The molecule has 0 aromatic heterocycles. The van der Waals surface area contributed by atoms with Crippen LogP contribution >= 0.6 is 0 Å². The summed E-state index contributed by atoms with van der Waals surface area (Å²) in [7, 11) is 0. The number of carbonyl (C=O) groups excluding carboxylic acids is 1. The van der Waals surface area contributed by atoms with Gasteiger partial charge in [0.1, 0.15) is 6.04 Å². The van der Waals surface area contributed by atoms with Gasteiger partial charge >= 0.3 is 11.9 Å². The van der Waals surface area contributed by atoms with Gasteiger partial charge in [-0.15, -0.1) is 0 Å². The van der Waals surface area contributed by atoms with E-state index >= 15 is 0 Å². The lowest BCUT2D eigenvalue weighted by atomic mass is 9.84. The van der Waals surface area contributed by atoms with Crippen molar-refractivity contribution in [1.29, 1.82) is 0 Å². The fourth-order valence-corrected chi connectivity index (χ4v) is 2.31. The summed E-state index contributed by atoms with van der Waals surface area (Å²) in [5.41, 5.74) is 0. The Bertz CT molecular complexity index is 322. The monoisotopic (exact) mass is 257 g/mol. The zero-order valence-corrected chi connectivity index (χ0v) is 10.2. The van der Waals surface area contributed by atoms with E-state index in [4.69, 9.17) is 10.2 Å². The van der Waals surface area contributed by atoms with Gasteiger partial charge in [0.15, 0.2) is 0 Å². The lowest BCUT2D eigenvalue weighted by molar-refractivity contribution is -0.144. The molecule has 0 saturated heterocycles. The third-order valence-electron chi connectivity index (χ3n) is 3.27. The van der Waals surface area contributed by atoms with Crippen LogP contribution in [-0.2, 0) is 14.4 Å². The molecule has 0 bridgehead atoms. The molecule has 0 aliphatic heterocycles. The van der Waals surface area contributed by atoms with Gasteiger partial charge in [0, 0.05) is 6.42 Å². The predicted molar refractivity (Wildman–Crippen MR) is 63.0 cm³/mol. The molecule has 1 fully saturated rings. The quantitative estimate of drug-likeness (QED) is 0.658. The highest BCUT2D eigenvalue weighted by Gasteiger charge is 2.30. The number of amides is 1. The fourth-order valence-electron chi connectivity index (χ4n) is 2.31. The Labute approximate surface area is 105 Å². The highest BCUT2D eigenvalue weighted by atomic mass is 16.4. The van der Waals surface area contributed by atoms with E-state index in [9.17, 15) is 14.4 Å². The molecule has 1 aliphatic carbocycles. The number of aliphatic carboxylic acids is 2. The van der Waals surface area contributed by atoms with Crippen LogP contribution in [0.2, 0.25) is 0 Å². The normalized spacial score (nSPS) is 18.0. The summed E-state index contributed by atoms with van der Waals surface area (Å²) in [5, 5.41) is 20.0. The Balaban J connectivity index is 2.48. The molecular weight excluding hydrogens is 238 g/mol. The summed E-state index contributed by atoms with van der Waals surface area (Å²) in [4.78, 5) is 32.9. The summed E-state index contributed by atoms with van der Waals surface area (Å²) in [5.74, 6) is -2.64. The number of carboxylic acid groups (broad SMARTS) is 2. The highest BCUT2D eigenvalue weighted by molar-refractivity contribution is 5.85. The van der Waals surface area contributed by atoms with E-state index in [0.29, 0.717) is 0 Å². The van der Waals surface area contributed by atoms with E-state index in [1.807, 2.05) is 0 Å². The maximum atomic E-state index is 11.5. The number of nitrogens with one attached hydrogen (secondary N) is 1. The van der Waals surface area contributed by atoms with Gasteiger partial charge in [-0.05, 0) is 18.8 Å². The predicted octanol–water partition coefficient (Wildman–Crippen LogP) is 1.00. The molecule has 3 N–H and O–H groups in total. The van der Waals surface area contributed by atoms with Crippen LogP contribution in [0.1, 0.15) is 44.9 Å². The van der Waals surface area contributed by atoms with Crippen molar-refractivity contribution in [3.63, 3.8) is 0 Å². The zero-order valence-electron chi connectivity index (χ0n) is 10.2. The maximum absolute atomic E-state index is 11.5. The summed E-state index contributed by atoms with van der Waals surface area (Å²) in [6.07, 6.45) is 4.23. The second-order valence-electron chi connectivity index (χ2n) is 4.68. The molecule has 0 aromatic rings. The Morgan fingerprint density at radius 1 is 1.06 bits per heavy atom. The average Bonchev–Trinajstić information content (AvgIpc) is 2.34. The number of carboxylic acids is 2. The molecule has 1 unspecified atom stereocenters. The van der Waals surface area contributed by atoms with Crippen LogP contribution in [0.4, 0.5) is 0 Å². The molecule has 1 aliphatic rings. The van der Waals surface area contributed by atoms with Gasteiger partial charge in [0.2, 0.25) is 5.91 Å². The van der Waals surface area contributed by atoms with E-state index in [0.717, 1.165) is 32.1 Å². The minimum absolute atomic E-state index is 0.0370. The zero-order chi connectivity index (χ0) is 13.5. The molecule has 18 heavy (non-hydrogen) atoms. The van der Waals surface area contributed by atoms with Crippen molar-refractivity contribution in [1.82, 2.24) is 5.32 Å². The molecule has 0 aromatic carbocycles. The Kier molecular flexibility index (Phi) is 5.61. The summed E-state index contributed by atoms with van der Waals surface area (Å²) >= 11 is 0. The SMILES string of the molecule is O=C(O)CCC(=O)NC(C(=O)O)C1CCCCC1. The molecule has 0 spiro atoms. The second-order valence-corrected chi connectivity index (χ2v) is 4.68. The molecular formula is C12H19NO5. The Morgan fingerprint density at radius 3 is 2.17 bits per heavy atom. The summed E-state index contributed by atoms with van der Waals surface area (Å²) in [6.45, 7) is 0. The molecule has 0 heterocycles. The van der Waals surface area contributed by atoms with E-state index < -0.39 is 23.9 Å². The first-order valence-corrected chi connectivity index (χ1v) is 6.24. The second kappa shape index (κ2) is 6.98. The Morgan fingerprint density at radius 2 is 1.67 bits per heavy atom. The molecule has 6 nitrogen and oxygen atoms in total. The van der Waals surface area contributed by atoms with Crippen molar-refractivity contribution in [3.05, 3.63) is 0 Å². The van der Waals surface area contributed by atoms with Gasteiger partial charge in [-0.25, -0.2) is 4.79 Å². The molecule has 1 amide bonds. The number of rotatable bonds is 6. The first kappa shape index (κ1) is 14.5. The van der Waals surface area contributed by atoms with E-state index in [1.165, 1.54) is 0 Å². The third kappa shape index (κ3) is 4.73. The van der Waals surface area contributed by atoms with E-state index in [1.54, 1.807) is 0 Å². The van der Waals surface area contributed by atoms with Crippen molar-refractivity contribution >= 4 is 17.8 Å². The average molecular weight is 257 g/mol. The van der Waals surface area contributed by atoms with Crippen LogP contribution in [0, 0.1) is 5.92 Å². The number of carbonyl (C=O) groups is 3. The van der Waals surface area contributed by atoms with E-state index in [-0.39, 0.29) is 18.8 Å². The van der Waals surface area contributed by atoms with Crippen molar-refractivity contribution in [2.45, 2.75) is 51.0 Å². The van der Waals surface area contributed by atoms with Crippen molar-refractivity contribution in [3.8, 4) is 0 Å². The van der Waals surface area contributed by atoms with Gasteiger partial charge < -0.3 is 15.5 Å².